The first-order valence-electron chi connectivity index (χ1n) is 5.16. The minimum atomic E-state index is 0.939. The van der Waals surface area contributed by atoms with Crippen molar-refractivity contribution in [2.24, 2.45) is 0 Å². The van der Waals surface area contributed by atoms with Crippen LogP contribution in [0, 0.1) is 0 Å². The van der Waals surface area contributed by atoms with E-state index in [1.165, 1.54) is 16.4 Å². The Morgan fingerprint density at radius 2 is 2.13 bits per heavy atom. The summed E-state index contributed by atoms with van der Waals surface area (Å²) in [5, 5.41) is 2.20. The molecule has 1 aromatic rings. The first-order valence-corrected chi connectivity index (χ1v) is 5.16. The fourth-order valence-electron chi connectivity index (χ4n) is 1.45. The summed E-state index contributed by atoms with van der Waals surface area (Å²) in [6.07, 6.45) is 6.29. The molecule has 0 bridgehead atoms. The Balaban J connectivity index is 3.15. The van der Waals surface area contributed by atoms with Crippen molar-refractivity contribution < 1.29 is 0 Å². The van der Waals surface area contributed by atoms with Crippen LogP contribution in [0.2, 0.25) is 0 Å². The largest absolute Gasteiger partial charge is 0.361 e. The number of allylic oxidation sites excluding steroid dienone is 2. The zero-order valence-electron chi connectivity index (χ0n) is 10.1. The Labute approximate surface area is 91.6 Å². The van der Waals surface area contributed by atoms with Crippen molar-refractivity contribution in [3.63, 3.8) is 0 Å². The Bertz CT molecular complexity index is 445. The van der Waals surface area contributed by atoms with Gasteiger partial charge < -0.3 is 9.88 Å². The normalized spacial score (nSPS) is 12.2. The van der Waals surface area contributed by atoms with Crippen LogP contribution < -0.4 is 10.6 Å². The lowest BCUT2D eigenvalue weighted by Gasteiger charge is -2.06. The zero-order valence-corrected chi connectivity index (χ0v) is 10.1. The molecule has 0 amide bonds. The third kappa shape index (κ3) is 3.40. The van der Waals surface area contributed by atoms with Gasteiger partial charge in [-0.3, -0.25) is 0 Å². The molecule has 1 heterocycles. The van der Waals surface area contributed by atoms with Crippen LogP contribution in [-0.4, -0.2) is 24.0 Å². The molecule has 1 aromatic heterocycles. The van der Waals surface area contributed by atoms with E-state index >= 15 is 0 Å². The van der Waals surface area contributed by atoms with E-state index < -0.39 is 0 Å². The van der Waals surface area contributed by atoms with E-state index in [0.717, 1.165) is 11.9 Å². The third-order valence-electron chi connectivity index (χ3n) is 2.16. The molecule has 2 heteroatoms. The Morgan fingerprint density at radius 3 is 2.67 bits per heavy atom. The Kier molecular flexibility index (Phi) is 3.92. The van der Waals surface area contributed by atoms with Gasteiger partial charge in [0.05, 0.1) is 0 Å². The van der Waals surface area contributed by atoms with Crippen LogP contribution >= 0.6 is 0 Å². The number of nitrogens with one attached hydrogen (secondary N) is 1. The average molecular weight is 204 g/mol. The van der Waals surface area contributed by atoms with Crippen molar-refractivity contribution in [3.8, 4) is 0 Å². The maximum Gasteiger partial charge on any atom is 0.0384 e. The second kappa shape index (κ2) is 4.99. The highest BCUT2D eigenvalue weighted by atomic mass is 15.0. The van der Waals surface area contributed by atoms with Gasteiger partial charge in [-0.2, -0.15) is 0 Å². The number of rotatable bonds is 3. The summed E-state index contributed by atoms with van der Waals surface area (Å²) in [7, 11) is 4.14. The molecule has 15 heavy (non-hydrogen) atoms. The minimum Gasteiger partial charge on any atom is -0.361 e. The van der Waals surface area contributed by atoms with Crippen LogP contribution in [0.3, 0.4) is 0 Å². The van der Waals surface area contributed by atoms with Gasteiger partial charge >= 0.3 is 0 Å². The number of hydrogen-bond donors (Lipinski definition) is 1. The molecule has 0 aliphatic heterocycles. The summed E-state index contributed by atoms with van der Waals surface area (Å²) < 4.78 is 0. The van der Waals surface area contributed by atoms with Gasteiger partial charge in [0.2, 0.25) is 0 Å². The van der Waals surface area contributed by atoms with Gasteiger partial charge in [-0.15, -0.1) is 0 Å². The molecule has 0 atom stereocenters. The predicted octanol–water partition coefficient (Wildman–Crippen LogP) is 1.23. The third-order valence-corrected chi connectivity index (χ3v) is 2.16. The van der Waals surface area contributed by atoms with E-state index in [4.69, 9.17) is 0 Å². The molecule has 0 spiro atoms. The molecule has 0 saturated carbocycles. The van der Waals surface area contributed by atoms with E-state index in [1.54, 1.807) is 0 Å². The second-order valence-electron chi connectivity index (χ2n) is 4.35. The molecule has 0 fully saturated rings. The fourth-order valence-corrected chi connectivity index (χ4v) is 1.45. The number of aromatic nitrogens is 1. The SMILES string of the molecule is C=c1[nH]cc(CN(C)C)/c1=C/C=C(C)C. The molecule has 2 nitrogen and oxygen atoms in total. The molecule has 0 aromatic carbocycles. The lowest BCUT2D eigenvalue weighted by atomic mass is 10.2. The number of aromatic amines is 1. The molecule has 1 rings (SSSR count). The van der Waals surface area contributed by atoms with Crippen LogP contribution in [0.4, 0.5) is 0 Å². The predicted molar refractivity (Wildman–Crippen MR) is 66.9 cm³/mol. The number of hydrogen-bond acceptors (Lipinski definition) is 1. The summed E-state index contributed by atoms with van der Waals surface area (Å²) in [6.45, 7) is 9.12. The van der Waals surface area contributed by atoms with Crippen molar-refractivity contribution in [3.05, 3.63) is 34.0 Å². The topological polar surface area (TPSA) is 19.0 Å². The van der Waals surface area contributed by atoms with Crippen molar-refractivity contribution in [1.29, 1.82) is 0 Å². The lowest BCUT2D eigenvalue weighted by Crippen LogP contribution is -2.25. The maximum absolute atomic E-state index is 3.99. The monoisotopic (exact) mass is 204 g/mol. The standard InChI is InChI=1S/C13H20N2/c1-10(2)6-7-13-11(3)14-8-12(13)9-15(4)5/h6-8,14H,3,9H2,1-2,4-5H3/b13-7+. The van der Waals surface area contributed by atoms with Crippen LogP contribution in [0.15, 0.2) is 17.8 Å². The lowest BCUT2D eigenvalue weighted by molar-refractivity contribution is 0.401. The fraction of sp³-hybridized carbons (Fsp3) is 0.385. The summed E-state index contributed by atoms with van der Waals surface area (Å²) in [4.78, 5) is 5.32. The zero-order chi connectivity index (χ0) is 11.4. The van der Waals surface area contributed by atoms with Crippen molar-refractivity contribution in [1.82, 2.24) is 9.88 Å². The summed E-state index contributed by atoms with van der Waals surface area (Å²) >= 11 is 0. The molecular formula is C13H20N2. The van der Waals surface area contributed by atoms with Crippen LogP contribution in [0.25, 0.3) is 12.7 Å². The molecule has 0 aliphatic rings. The number of nitrogens with zero attached hydrogens (tertiary/aromatic N) is 1. The maximum atomic E-state index is 3.99. The highest BCUT2D eigenvalue weighted by Crippen LogP contribution is 1.93. The first kappa shape index (κ1) is 11.8. The molecule has 82 valence electrons. The summed E-state index contributed by atoms with van der Waals surface area (Å²) in [5.41, 5.74) is 2.59. The van der Waals surface area contributed by atoms with E-state index in [1.807, 2.05) is 6.20 Å². The van der Waals surface area contributed by atoms with Crippen LogP contribution in [0.5, 0.6) is 0 Å². The second-order valence-corrected chi connectivity index (χ2v) is 4.35. The van der Waals surface area contributed by atoms with Crippen LogP contribution in [0.1, 0.15) is 19.4 Å². The van der Waals surface area contributed by atoms with Crippen LogP contribution in [-0.2, 0) is 6.54 Å². The highest BCUT2D eigenvalue weighted by Gasteiger charge is 1.98. The molecule has 0 unspecified atom stereocenters. The van der Waals surface area contributed by atoms with Crippen molar-refractivity contribution in [2.75, 3.05) is 14.1 Å². The Hall–Kier alpha value is -1.28. The molecule has 0 aliphatic carbocycles. The highest BCUT2D eigenvalue weighted by molar-refractivity contribution is 5.41. The van der Waals surface area contributed by atoms with Crippen molar-refractivity contribution in [2.45, 2.75) is 20.4 Å². The van der Waals surface area contributed by atoms with Gasteiger partial charge in [0, 0.05) is 23.3 Å². The molecule has 1 N–H and O–H groups in total. The van der Waals surface area contributed by atoms with Gasteiger partial charge in [0.15, 0.2) is 0 Å². The van der Waals surface area contributed by atoms with Gasteiger partial charge in [0.25, 0.3) is 0 Å². The van der Waals surface area contributed by atoms with E-state index in [9.17, 15) is 0 Å². The summed E-state index contributed by atoms with van der Waals surface area (Å²) in [6, 6.07) is 0. The molecule has 0 saturated heterocycles. The minimum absolute atomic E-state index is 0.939. The quantitative estimate of drug-likeness (QED) is 0.784. The smallest absolute Gasteiger partial charge is 0.0384 e. The van der Waals surface area contributed by atoms with Gasteiger partial charge in [0.1, 0.15) is 0 Å². The molecule has 0 radical (unpaired) electrons. The van der Waals surface area contributed by atoms with Crippen molar-refractivity contribution >= 4 is 12.7 Å². The number of H-pyrrole nitrogens is 1. The summed E-state index contributed by atoms with van der Waals surface area (Å²) in [5.74, 6) is 0. The average Bonchev–Trinajstić information content (AvgIpc) is 2.43. The van der Waals surface area contributed by atoms with E-state index in [0.29, 0.717) is 0 Å². The van der Waals surface area contributed by atoms with Gasteiger partial charge in [-0.25, -0.2) is 0 Å². The first-order chi connectivity index (χ1) is 7.00. The Morgan fingerprint density at radius 1 is 1.47 bits per heavy atom. The van der Waals surface area contributed by atoms with E-state index in [2.05, 4.69) is 56.6 Å². The van der Waals surface area contributed by atoms with Gasteiger partial charge in [-0.05, 0) is 33.5 Å². The molecular weight excluding hydrogens is 184 g/mol. The van der Waals surface area contributed by atoms with Gasteiger partial charge in [-0.1, -0.05) is 24.3 Å². The van der Waals surface area contributed by atoms with E-state index in [-0.39, 0.29) is 0 Å².